The average molecular weight is 265 g/mol. The molecule has 1 heterocycles. The maximum Gasteiger partial charge on any atom is 0.268 e. The summed E-state index contributed by atoms with van der Waals surface area (Å²) < 4.78 is 1.50. The molecular formula is C10H14Cl2N2O2. The van der Waals surface area contributed by atoms with Crippen LogP contribution in [0.1, 0.15) is 23.8 Å². The minimum atomic E-state index is -0.294. The second-order valence-corrected chi connectivity index (χ2v) is 4.25. The van der Waals surface area contributed by atoms with Gasteiger partial charge >= 0.3 is 0 Å². The minimum absolute atomic E-state index is 0.0892. The van der Waals surface area contributed by atoms with Gasteiger partial charge in [-0.2, -0.15) is 0 Å². The molecule has 0 aliphatic rings. The fourth-order valence-electron chi connectivity index (χ4n) is 1.30. The number of aliphatic hydroxyl groups is 1. The number of carbonyl (C=O) groups excluding carboxylic acids is 1. The van der Waals surface area contributed by atoms with Gasteiger partial charge in [-0.05, 0) is 12.5 Å². The molecule has 0 aromatic carbocycles. The van der Waals surface area contributed by atoms with E-state index in [9.17, 15) is 4.79 Å². The molecule has 1 aromatic heterocycles. The molecule has 1 aromatic rings. The van der Waals surface area contributed by atoms with E-state index in [1.165, 1.54) is 10.6 Å². The lowest BCUT2D eigenvalue weighted by Crippen LogP contribution is -2.37. The number of amides is 1. The van der Waals surface area contributed by atoms with Crippen molar-refractivity contribution in [1.82, 2.24) is 9.88 Å². The van der Waals surface area contributed by atoms with Crippen LogP contribution < -0.4 is 5.32 Å². The first-order valence-electron chi connectivity index (χ1n) is 4.93. The van der Waals surface area contributed by atoms with E-state index in [1.54, 1.807) is 7.05 Å². The number of hydrogen-bond donors (Lipinski definition) is 2. The SMILES string of the molecule is CC[C@H](CO)NC(=O)c1cc(Cl)c(Cl)n1C. The fraction of sp³-hybridized carbons (Fsp3) is 0.500. The largest absolute Gasteiger partial charge is 0.394 e. The van der Waals surface area contributed by atoms with Gasteiger partial charge < -0.3 is 15.0 Å². The summed E-state index contributed by atoms with van der Waals surface area (Å²) in [5, 5.41) is 12.3. The van der Waals surface area contributed by atoms with E-state index in [0.717, 1.165) is 0 Å². The molecule has 0 saturated heterocycles. The highest BCUT2D eigenvalue weighted by Crippen LogP contribution is 2.25. The van der Waals surface area contributed by atoms with E-state index < -0.39 is 0 Å². The maximum atomic E-state index is 11.8. The van der Waals surface area contributed by atoms with Crippen LogP contribution >= 0.6 is 23.2 Å². The Labute approximate surface area is 104 Å². The summed E-state index contributed by atoms with van der Waals surface area (Å²) in [4.78, 5) is 11.8. The molecule has 6 heteroatoms. The van der Waals surface area contributed by atoms with Gasteiger partial charge in [-0.1, -0.05) is 30.1 Å². The molecule has 16 heavy (non-hydrogen) atoms. The summed E-state index contributed by atoms with van der Waals surface area (Å²) in [6, 6.07) is 1.25. The van der Waals surface area contributed by atoms with Crippen molar-refractivity contribution >= 4 is 29.1 Å². The molecular weight excluding hydrogens is 251 g/mol. The van der Waals surface area contributed by atoms with Gasteiger partial charge in [-0.15, -0.1) is 0 Å². The Balaban J connectivity index is 2.84. The predicted octanol–water partition coefficient (Wildman–Crippen LogP) is 1.83. The molecule has 1 rings (SSSR count). The number of carbonyl (C=O) groups is 1. The molecule has 90 valence electrons. The maximum absolute atomic E-state index is 11.8. The van der Waals surface area contributed by atoms with Gasteiger partial charge in [0.15, 0.2) is 0 Å². The zero-order chi connectivity index (χ0) is 12.3. The number of aromatic nitrogens is 1. The molecule has 4 nitrogen and oxygen atoms in total. The van der Waals surface area contributed by atoms with Crippen molar-refractivity contribution in [2.45, 2.75) is 19.4 Å². The molecule has 1 amide bonds. The number of hydrogen-bond acceptors (Lipinski definition) is 2. The third-order valence-corrected chi connectivity index (χ3v) is 3.24. The first kappa shape index (κ1) is 13.4. The molecule has 2 N–H and O–H groups in total. The first-order valence-corrected chi connectivity index (χ1v) is 5.69. The van der Waals surface area contributed by atoms with Crippen LogP contribution in [-0.2, 0) is 7.05 Å². The molecule has 0 aliphatic heterocycles. The zero-order valence-corrected chi connectivity index (χ0v) is 10.6. The summed E-state index contributed by atoms with van der Waals surface area (Å²) in [6.07, 6.45) is 0.661. The Morgan fingerprint density at radius 1 is 1.62 bits per heavy atom. The molecule has 0 aliphatic carbocycles. The van der Waals surface area contributed by atoms with Crippen LogP contribution in [0.4, 0.5) is 0 Å². The van der Waals surface area contributed by atoms with Crippen molar-refractivity contribution in [2.24, 2.45) is 7.05 Å². The summed E-state index contributed by atoms with van der Waals surface area (Å²) in [5.74, 6) is -0.294. The third kappa shape index (κ3) is 2.70. The standard InChI is InChI=1S/C10H14Cl2N2O2/c1-3-6(5-15)13-10(16)8-4-7(11)9(12)14(8)2/h4,6,15H,3,5H2,1-2H3,(H,13,16)/t6-/m1/s1. The summed E-state index contributed by atoms with van der Waals surface area (Å²) >= 11 is 11.6. The van der Waals surface area contributed by atoms with E-state index in [1.807, 2.05) is 6.92 Å². The minimum Gasteiger partial charge on any atom is -0.394 e. The number of halogens is 2. The predicted molar refractivity (Wildman–Crippen MR) is 64.1 cm³/mol. The van der Waals surface area contributed by atoms with Gasteiger partial charge in [0, 0.05) is 7.05 Å². The molecule has 0 unspecified atom stereocenters. The van der Waals surface area contributed by atoms with Gasteiger partial charge in [0.25, 0.3) is 5.91 Å². The van der Waals surface area contributed by atoms with Crippen molar-refractivity contribution in [3.63, 3.8) is 0 Å². The van der Waals surface area contributed by atoms with E-state index in [2.05, 4.69) is 5.32 Å². The highest BCUT2D eigenvalue weighted by atomic mass is 35.5. The van der Waals surface area contributed by atoms with Crippen LogP contribution in [-0.4, -0.2) is 28.2 Å². The van der Waals surface area contributed by atoms with Gasteiger partial charge in [0.1, 0.15) is 10.8 Å². The Kier molecular flexibility index (Phi) is 4.65. The summed E-state index contributed by atoms with van der Waals surface area (Å²) in [6.45, 7) is 1.79. The second-order valence-electron chi connectivity index (χ2n) is 3.49. The normalized spacial score (nSPS) is 12.6. The van der Waals surface area contributed by atoms with Crippen molar-refractivity contribution in [2.75, 3.05) is 6.61 Å². The second kappa shape index (κ2) is 5.57. The van der Waals surface area contributed by atoms with Crippen LogP contribution in [0.2, 0.25) is 10.2 Å². The lowest BCUT2D eigenvalue weighted by Gasteiger charge is -2.14. The third-order valence-electron chi connectivity index (χ3n) is 2.40. The van der Waals surface area contributed by atoms with E-state index >= 15 is 0 Å². The molecule has 1 atom stereocenters. The highest BCUT2D eigenvalue weighted by molar-refractivity contribution is 6.41. The Bertz CT molecular complexity index is 386. The van der Waals surface area contributed by atoms with Crippen LogP contribution in [0, 0.1) is 0 Å². The number of nitrogens with zero attached hydrogens (tertiary/aromatic N) is 1. The molecule has 0 bridgehead atoms. The van der Waals surface area contributed by atoms with Crippen molar-refractivity contribution in [1.29, 1.82) is 0 Å². The highest BCUT2D eigenvalue weighted by Gasteiger charge is 2.17. The van der Waals surface area contributed by atoms with Gasteiger partial charge in [0.05, 0.1) is 17.7 Å². The summed E-state index contributed by atoms with van der Waals surface area (Å²) in [5.41, 5.74) is 0.377. The van der Waals surface area contributed by atoms with Crippen LogP contribution in [0.25, 0.3) is 0 Å². The van der Waals surface area contributed by atoms with Gasteiger partial charge in [-0.25, -0.2) is 0 Å². The van der Waals surface area contributed by atoms with Crippen molar-refractivity contribution < 1.29 is 9.90 Å². The van der Waals surface area contributed by atoms with Gasteiger partial charge in [0.2, 0.25) is 0 Å². The average Bonchev–Trinajstić information content (AvgIpc) is 2.53. The smallest absolute Gasteiger partial charge is 0.268 e. The van der Waals surface area contributed by atoms with E-state index in [0.29, 0.717) is 22.3 Å². The Morgan fingerprint density at radius 2 is 2.25 bits per heavy atom. The zero-order valence-electron chi connectivity index (χ0n) is 9.13. The van der Waals surface area contributed by atoms with Crippen molar-refractivity contribution in [3.05, 3.63) is 21.9 Å². The van der Waals surface area contributed by atoms with Crippen LogP contribution in [0.15, 0.2) is 6.07 Å². The molecule has 0 radical (unpaired) electrons. The van der Waals surface area contributed by atoms with Crippen LogP contribution in [0.3, 0.4) is 0 Å². The van der Waals surface area contributed by atoms with Gasteiger partial charge in [-0.3, -0.25) is 4.79 Å². The van der Waals surface area contributed by atoms with E-state index in [-0.39, 0.29) is 18.6 Å². The number of nitrogens with one attached hydrogen (secondary N) is 1. The topological polar surface area (TPSA) is 54.3 Å². The number of rotatable bonds is 4. The van der Waals surface area contributed by atoms with Crippen molar-refractivity contribution in [3.8, 4) is 0 Å². The lowest BCUT2D eigenvalue weighted by atomic mass is 10.2. The Morgan fingerprint density at radius 3 is 2.62 bits per heavy atom. The first-order chi connectivity index (χ1) is 7.51. The quantitative estimate of drug-likeness (QED) is 0.872. The fourth-order valence-corrected chi connectivity index (χ4v) is 1.67. The molecule has 0 spiro atoms. The van der Waals surface area contributed by atoms with Crippen LogP contribution in [0.5, 0.6) is 0 Å². The molecule has 0 fully saturated rings. The number of aliphatic hydroxyl groups excluding tert-OH is 1. The lowest BCUT2D eigenvalue weighted by molar-refractivity contribution is 0.0906. The summed E-state index contributed by atoms with van der Waals surface area (Å²) in [7, 11) is 1.66. The van der Waals surface area contributed by atoms with E-state index in [4.69, 9.17) is 28.3 Å². The monoisotopic (exact) mass is 264 g/mol. The Hall–Kier alpha value is -0.710. The molecule has 0 saturated carbocycles.